The summed E-state index contributed by atoms with van der Waals surface area (Å²) in [6.45, 7) is 3.47. The average Bonchev–Trinajstić information content (AvgIpc) is 2.31. The topological polar surface area (TPSA) is 69.4 Å². The van der Waals surface area contributed by atoms with E-state index >= 15 is 0 Å². The molecule has 1 atom stereocenters. The van der Waals surface area contributed by atoms with Crippen LogP contribution >= 0.6 is 0 Å². The van der Waals surface area contributed by atoms with Gasteiger partial charge in [-0.25, -0.2) is 12.8 Å². The molecule has 0 spiro atoms. The summed E-state index contributed by atoms with van der Waals surface area (Å²) in [5, 5.41) is 0. The van der Waals surface area contributed by atoms with Gasteiger partial charge in [0.05, 0.1) is 5.75 Å². The molecule has 1 aromatic carbocycles. The van der Waals surface area contributed by atoms with Crippen molar-refractivity contribution in [3.8, 4) is 5.75 Å². The minimum Gasteiger partial charge on any atom is -0.492 e. The third kappa shape index (κ3) is 5.57. The molecule has 0 saturated carbocycles. The summed E-state index contributed by atoms with van der Waals surface area (Å²) in [4.78, 5) is 0. The van der Waals surface area contributed by atoms with Crippen molar-refractivity contribution >= 4 is 9.84 Å². The second-order valence-corrected chi connectivity index (χ2v) is 6.99. The van der Waals surface area contributed by atoms with E-state index in [1.165, 1.54) is 18.2 Å². The standard InChI is InChI=1S/C13H20FNO3S/c1-3-19(16,17)7-6-18-13-5-4-12(14)9-11(13)8-10(2)15/h4-5,9-10H,3,6-8,15H2,1-2H3. The van der Waals surface area contributed by atoms with Crippen molar-refractivity contribution in [2.45, 2.75) is 26.3 Å². The summed E-state index contributed by atoms with van der Waals surface area (Å²) in [5.41, 5.74) is 6.35. The van der Waals surface area contributed by atoms with Gasteiger partial charge in [-0.2, -0.15) is 0 Å². The SMILES string of the molecule is CCS(=O)(=O)CCOc1ccc(F)cc1CC(C)N. The number of rotatable bonds is 7. The number of halogens is 1. The highest BCUT2D eigenvalue weighted by Gasteiger charge is 2.11. The van der Waals surface area contributed by atoms with Crippen molar-refractivity contribution < 1.29 is 17.5 Å². The summed E-state index contributed by atoms with van der Waals surface area (Å²) in [7, 11) is -3.06. The number of nitrogens with two attached hydrogens (primary N) is 1. The molecule has 1 unspecified atom stereocenters. The Bertz CT molecular complexity index is 515. The highest BCUT2D eigenvalue weighted by Crippen LogP contribution is 2.21. The van der Waals surface area contributed by atoms with Crippen LogP contribution in [0.2, 0.25) is 0 Å². The van der Waals surface area contributed by atoms with Crippen molar-refractivity contribution in [2.24, 2.45) is 5.73 Å². The van der Waals surface area contributed by atoms with Crippen molar-refractivity contribution in [1.29, 1.82) is 0 Å². The Hall–Kier alpha value is -1.14. The minimum absolute atomic E-state index is 0.0432. The van der Waals surface area contributed by atoms with Gasteiger partial charge < -0.3 is 10.5 Å². The Labute approximate surface area is 113 Å². The number of ether oxygens (including phenoxy) is 1. The van der Waals surface area contributed by atoms with Crippen LogP contribution in [-0.4, -0.2) is 32.6 Å². The fourth-order valence-electron chi connectivity index (χ4n) is 1.62. The molecule has 1 rings (SSSR count). The maximum absolute atomic E-state index is 13.2. The smallest absolute Gasteiger partial charge is 0.153 e. The molecule has 0 aromatic heterocycles. The van der Waals surface area contributed by atoms with E-state index in [0.717, 1.165) is 0 Å². The van der Waals surface area contributed by atoms with E-state index in [-0.39, 0.29) is 30.0 Å². The maximum Gasteiger partial charge on any atom is 0.153 e. The number of sulfone groups is 1. The van der Waals surface area contributed by atoms with E-state index in [2.05, 4.69) is 0 Å². The Balaban J connectivity index is 2.72. The molecular formula is C13H20FNO3S. The fourth-order valence-corrected chi connectivity index (χ4v) is 2.24. The van der Waals surface area contributed by atoms with Gasteiger partial charge in [0.15, 0.2) is 9.84 Å². The van der Waals surface area contributed by atoms with E-state index in [1.807, 2.05) is 6.92 Å². The predicted octanol–water partition coefficient (Wildman–Crippen LogP) is 1.53. The van der Waals surface area contributed by atoms with Crippen LogP contribution in [0, 0.1) is 5.82 Å². The van der Waals surface area contributed by atoms with Gasteiger partial charge in [-0.3, -0.25) is 0 Å². The zero-order chi connectivity index (χ0) is 14.5. The van der Waals surface area contributed by atoms with E-state index in [4.69, 9.17) is 10.5 Å². The van der Waals surface area contributed by atoms with Crippen molar-refractivity contribution in [1.82, 2.24) is 0 Å². The fraction of sp³-hybridized carbons (Fsp3) is 0.538. The Morgan fingerprint density at radius 2 is 2.11 bits per heavy atom. The van der Waals surface area contributed by atoms with Gasteiger partial charge in [0, 0.05) is 11.8 Å². The van der Waals surface area contributed by atoms with Crippen LogP contribution in [0.25, 0.3) is 0 Å². The maximum atomic E-state index is 13.2. The van der Waals surface area contributed by atoms with Gasteiger partial charge >= 0.3 is 0 Å². The van der Waals surface area contributed by atoms with E-state index in [0.29, 0.717) is 17.7 Å². The molecule has 108 valence electrons. The average molecular weight is 289 g/mol. The van der Waals surface area contributed by atoms with Crippen LogP contribution < -0.4 is 10.5 Å². The molecule has 19 heavy (non-hydrogen) atoms. The number of benzene rings is 1. The normalized spacial score (nSPS) is 13.3. The van der Waals surface area contributed by atoms with E-state index in [9.17, 15) is 12.8 Å². The molecular weight excluding hydrogens is 269 g/mol. The van der Waals surface area contributed by atoms with Crippen LogP contribution in [0.15, 0.2) is 18.2 Å². The van der Waals surface area contributed by atoms with Crippen molar-refractivity contribution in [3.63, 3.8) is 0 Å². The Morgan fingerprint density at radius 1 is 1.42 bits per heavy atom. The molecule has 0 bridgehead atoms. The third-order valence-corrected chi connectivity index (χ3v) is 4.32. The van der Waals surface area contributed by atoms with Gasteiger partial charge in [-0.15, -0.1) is 0 Å². The molecule has 0 radical (unpaired) electrons. The largest absolute Gasteiger partial charge is 0.492 e. The van der Waals surface area contributed by atoms with Crippen molar-refractivity contribution in [2.75, 3.05) is 18.1 Å². The lowest BCUT2D eigenvalue weighted by Gasteiger charge is -2.13. The highest BCUT2D eigenvalue weighted by molar-refractivity contribution is 7.91. The molecule has 0 heterocycles. The van der Waals surface area contributed by atoms with Gasteiger partial charge in [0.1, 0.15) is 18.2 Å². The molecule has 0 saturated heterocycles. The zero-order valence-corrected chi connectivity index (χ0v) is 12.0. The molecule has 0 aliphatic heterocycles. The van der Waals surface area contributed by atoms with Gasteiger partial charge in [0.25, 0.3) is 0 Å². The van der Waals surface area contributed by atoms with Gasteiger partial charge in [-0.05, 0) is 37.1 Å². The third-order valence-electron chi connectivity index (χ3n) is 2.66. The molecule has 6 heteroatoms. The predicted molar refractivity (Wildman–Crippen MR) is 73.6 cm³/mol. The summed E-state index contributed by atoms with van der Waals surface area (Å²) < 4.78 is 41.3. The summed E-state index contributed by atoms with van der Waals surface area (Å²) in [6.07, 6.45) is 0.480. The molecule has 0 aliphatic rings. The van der Waals surface area contributed by atoms with Crippen LogP contribution in [0.3, 0.4) is 0 Å². The zero-order valence-electron chi connectivity index (χ0n) is 11.2. The Kier molecular flexibility index (Phi) is 5.75. The molecule has 0 amide bonds. The first-order valence-electron chi connectivity index (χ1n) is 6.21. The molecule has 4 nitrogen and oxygen atoms in total. The first-order chi connectivity index (χ1) is 8.84. The first-order valence-corrected chi connectivity index (χ1v) is 8.03. The van der Waals surface area contributed by atoms with Gasteiger partial charge in [0.2, 0.25) is 0 Å². The molecule has 1 aromatic rings. The molecule has 0 aliphatic carbocycles. The second kappa shape index (κ2) is 6.86. The molecule has 0 fully saturated rings. The lowest BCUT2D eigenvalue weighted by Crippen LogP contribution is -2.19. The minimum atomic E-state index is -3.06. The number of hydrogen-bond acceptors (Lipinski definition) is 4. The quantitative estimate of drug-likeness (QED) is 0.826. The summed E-state index contributed by atoms with van der Waals surface area (Å²) in [6, 6.07) is 4.04. The second-order valence-electron chi connectivity index (χ2n) is 4.52. The van der Waals surface area contributed by atoms with E-state index in [1.54, 1.807) is 6.92 Å². The lowest BCUT2D eigenvalue weighted by molar-refractivity contribution is 0.335. The van der Waals surface area contributed by atoms with Crippen molar-refractivity contribution in [3.05, 3.63) is 29.6 Å². The molecule has 2 N–H and O–H groups in total. The summed E-state index contributed by atoms with van der Waals surface area (Å²) >= 11 is 0. The number of hydrogen-bond donors (Lipinski definition) is 1. The first kappa shape index (κ1) is 15.9. The van der Waals surface area contributed by atoms with Crippen LogP contribution in [0.4, 0.5) is 4.39 Å². The highest BCUT2D eigenvalue weighted by atomic mass is 32.2. The van der Waals surface area contributed by atoms with Crippen LogP contribution in [-0.2, 0) is 16.3 Å². The Morgan fingerprint density at radius 3 is 2.68 bits per heavy atom. The van der Waals surface area contributed by atoms with Crippen LogP contribution in [0.5, 0.6) is 5.75 Å². The van der Waals surface area contributed by atoms with Gasteiger partial charge in [-0.1, -0.05) is 6.92 Å². The van der Waals surface area contributed by atoms with Crippen LogP contribution in [0.1, 0.15) is 19.4 Å². The monoisotopic (exact) mass is 289 g/mol. The summed E-state index contributed by atoms with van der Waals surface area (Å²) in [5.74, 6) is 0.180. The lowest BCUT2D eigenvalue weighted by atomic mass is 10.1. The van der Waals surface area contributed by atoms with E-state index < -0.39 is 9.84 Å².